The van der Waals surface area contributed by atoms with E-state index in [1.54, 1.807) is 0 Å². The maximum atomic E-state index is 15.0. The van der Waals surface area contributed by atoms with Crippen molar-refractivity contribution in [1.29, 1.82) is 0 Å². The van der Waals surface area contributed by atoms with Crippen LogP contribution in [0.3, 0.4) is 0 Å². The number of aromatic carboxylic acids is 1. The summed E-state index contributed by atoms with van der Waals surface area (Å²) in [4.78, 5) is 24.4. The summed E-state index contributed by atoms with van der Waals surface area (Å²) >= 11 is 0. The number of carboxylic acid groups (broad SMARTS) is 1. The van der Waals surface area contributed by atoms with Gasteiger partial charge in [0.05, 0.1) is 24.1 Å². The van der Waals surface area contributed by atoms with Crippen LogP contribution in [-0.2, 0) is 30.5 Å². The van der Waals surface area contributed by atoms with E-state index in [0.717, 1.165) is 30.7 Å². The van der Waals surface area contributed by atoms with E-state index in [0.29, 0.717) is 50.3 Å². The van der Waals surface area contributed by atoms with Gasteiger partial charge in [-0.1, -0.05) is 19.9 Å². The van der Waals surface area contributed by atoms with Crippen molar-refractivity contribution in [3.63, 3.8) is 0 Å². The van der Waals surface area contributed by atoms with Crippen LogP contribution < -0.4 is 10.1 Å². The molecule has 0 aliphatic carbocycles. The molecule has 0 radical (unpaired) electrons. The Morgan fingerprint density at radius 3 is 2.76 bits per heavy atom. The first-order valence-corrected chi connectivity index (χ1v) is 11.8. The molecule has 0 bridgehead atoms. The number of ether oxygens (including phenoxy) is 2. The van der Waals surface area contributed by atoms with E-state index in [1.807, 2.05) is 18.5 Å². The van der Waals surface area contributed by atoms with Gasteiger partial charge in [-0.25, -0.2) is 9.18 Å². The summed E-state index contributed by atoms with van der Waals surface area (Å²) in [6.45, 7) is 6.50. The second-order valence-electron chi connectivity index (χ2n) is 9.51. The smallest absolute Gasteiger partial charge is 0.339 e. The van der Waals surface area contributed by atoms with Crippen LogP contribution in [-0.4, -0.2) is 53.6 Å². The quantitative estimate of drug-likeness (QED) is 0.640. The molecule has 34 heavy (non-hydrogen) atoms. The Morgan fingerprint density at radius 1 is 1.38 bits per heavy atom. The molecule has 9 heteroatoms. The van der Waals surface area contributed by atoms with Crippen LogP contribution in [0.5, 0.6) is 5.75 Å². The Balaban J connectivity index is 1.61. The number of halogens is 1. The lowest BCUT2D eigenvalue weighted by atomic mass is 9.76. The normalized spacial score (nSPS) is 18.2. The van der Waals surface area contributed by atoms with Gasteiger partial charge in [-0.3, -0.25) is 9.48 Å². The SMILES string of the molecule is CCc1nn(C[C@H](C)Cc2ccc(C(=O)O)c(OC)c2F)c2c1C(=O)NCC1(CCOCC1)C2. The monoisotopic (exact) mass is 473 g/mol. The van der Waals surface area contributed by atoms with Gasteiger partial charge in [0.2, 0.25) is 0 Å². The van der Waals surface area contributed by atoms with E-state index in [1.165, 1.54) is 19.2 Å². The van der Waals surface area contributed by atoms with Crippen molar-refractivity contribution in [3.8, 4) is 5.75 Å². The molecule has 1 saturated heterocycles. The zero-order chi connectivity index (χ0) is 24.5. The number of methoxy groups -OCH3 is 1. The van der Waals surface area contributed by atoms with Gasteiger partial charge in [0.15, 0.2) is 11.6 Å². The average molecular weight is 474 g/mol. The van der Waals surface area contributed by atoms with Crippen LogP contribution in [0.1, 0.15) is 64.4 Å². The summed E-state index contributed by atoms with van der Waals surface area (Å²) in [5, 5.41) is 17.2. The Labute approximate surface area is 198 Å². The van der Waals surface area contributed by atoms with Crippen molar-refractivity contribution < 1.29 is 28.6 Å². The third-order valence-corrected chi connectivity index (χ3v) is 7.08. The first-order valence-electron chi connectivity index (χ1n) is 11.8. The minimum atomic E-state index is -1.23. The third-order valence-electron chi connectivity index (χ3n) is 7.08. The lowest BCUT2D eigenvalue weighted by molar-refractivity contribution is 0.0152. The van der Waals surface area contributed by atoms with Crippen molar-refractivity contribution in [1.82, 2.24) is 15.1 Å². The van der Waals surface area contributed by atoms with Crippen LogP contribution in [0.2, 0.25) is 0 Å². The first kappa shape index (κ1) is 24.2. The molecule has 2 aromatic rings. The summed E-state index contributed by atoms with van der Waals surface area (Å²) in [7, 11) is 1.26. The summed E-state index contributed by atoms with van der Waals surface area (Å²) in [5.74, 6) is -2.23. The maximum Gasteiger partial charge on any atom is 0.339 e. The molecule has 0 unspecified atom stereocenters. The minimum absolute atomic E-state index is 0.0134. The van der Waals surface area contributed by atoms with Crippen LogP contribution in [0, 0.1) is 17.2 Å². The zero-order valence-corrected chi connectivity index (χ0v) is 19.9. The second-order valence-corrected chi connectivity index (χ2v) is 9.51. The van der Waals surface area contributed by atoms with Crippen LogP contribution in [0.15, 0.2) is 12.1 Å². The summed E-state index contributed by atoms with van der Waals surface area (Å²) < 4.78 is 27.5. The molecule has 1 fully saturated rings. The van der Waals surface area contributed by atoms with Gasteiger partial charge in [0.25, 0.3) is 5.91 Å². The number of carbonyl (C=O) groups excluding carboxylic acids is 1. The Kier molecular flexibility index (Phi) is 6.93. The van der Waals surface area contributed by atoms with Crippen molar-refractivity contribution in [2.45, 2.75) is 52.5 Å². The molecule has 8 nitrogen and oxygen atoms in total. The van der Waals surface area contributed by atoms with Crippen molar-refractivity contribution >= 4 is 11.9 Å². The maximum absolute atomic E-state index is 15.0. The molecule has 1 atom stereocenters. The highest BCUT2D eigenvalue weighted by Crippen LogP contribution is 2.37. The molecule has 1 aromatic carbocycles. The molecule has 2 aliphatic heterocycles. The van der Waals surface area contributed by atoms with E-state index in [9.17, 15) is 19.1 Å². The highest BCUT2D eigenvalue weighted by atomic mass is 19.1. The summed E-state index contributed by atoms with van der Waals surface area (Å²) in [5.41, 5.74) is 2.55. The van der Waals surface area contributed by atoms with Gasteiger partial charge in [0.1, 0.15) is 5.56 Å². The molecule has 1 amide bonds. The fraction of sp³-hybridized carbons (Fsp3) is 0.560. The molecular weight excluding hydrogens is 441 g/mol. The fourth-order valence-electron chi connectivity index (χ4n) is 5.18. The van der Waals surface area contributed by atoms with Crippen molar-refractivity contribution in [2.75, 3.05) is 26.9 Å². The summed E-state index contributed by atoms with van der Waals surface area (Å²) in [6.07, 6.45) is 3.55. The molecule has 2 N–H and O–H groups in total. The van der Waals surface area contributed by atoms with E-state index in [-0.39, 0.29) is 28.6 Å². The van der Waals surface area contributed by atoms with Gasteiger partial charge in [0, 0.05) is 26.3 Å². The topological polar surface area (TPSA) is 103 Å². The van der Waals surface area contributed by atoms with E-state index in [4.69, 9.17) is 14.6 Å². The summed E-state index contributed by atoms with van der Waals surface area (Å²) in [6, 6.07) is 2.88. The number of benzene rings is 1. The molecule has 0 saturated carbocycles. The van der Waals surface area contributed by atoms with Crippen molar-refractivity contribution in [3.05, 3.63) is 46.0 Å². The van der Waals surface area contributed by atoms with Gasteiger partial charge in [-0.15, -0.1) is 0 Å². The van der Waals surface area contributed by atoms with Gasteiger partial charge < -0.3 is 19.9 Å². The average Bonchev–Trinajstić information content (AvgIpc) is 3.08. The molecule has 4 rings (SSSR count). The predicted octanol–water partition coefficient (Wildman–Crippen LogP) is 3.25. The first-order chi connectivity index (χ1) is 16.3. The number of hydrogen-bond acceptors (Lipinski definition) is 5. The number of hydrogen-bond donors (Lipinski definition) is 2. The van der Waals surface area contributed by atoms with Gasteiger partial charge in [-0.2, -0.15) is 5.10 Å². The standard InChI is InChI=1S/C25H32FN3O5/c1-4-18-20-19(12-25(14-27-23(20)30)7-9-34-10-8-25)29(28-18)13-15(2)11-16-5-6-17(24(31)32)22(33-3)21(16)26/h5-6,15H,4,7-14H2,1-3H3,(H,27,30)(H,31,32)/t15-/m1/s1. The van der Waals surface area contributed by atoms with Crippen LogP contribution >= 0.6 is 0 Å². The third kappa shape index (κ3) is 4.53. The number of aryl methyl sites for hydroxylation is 1. The Morgan fingerprint density at radius 2 is 2.12 bits per heavy atom. The van der Waals surface area contributed by atoms with Crippen molar-refractivity contribution in [2.24, 2.45) is 11.3 Å². The second kappa shape index (κ2) is 9.74. The number of aromatic nitrogens is 2. The van der Waals surface area contributed by atoms with E-state index >= 15 is 0 Å². The largest absolute Gasteiger partial charge is 0.493 e. The lowest BCUT2D eigenvalue weighted by Gasteiger charge is -2.36. The van der Waals surface area contributed by atoms with Crippen LogP contribution in [0.4, 0.5) is 4.39 Å². The number of amides is 1. The Bertz CT molecular complexity index is 1090. The number of fused-ring (bicyclic) bond motifs is 1. The van der Waals surface area contributed by atoms with Crippen LogP contribution in [0.25, 0.3) is 0 Å². The zero-order valence-electron chi connectivity index (χ0n) is 19.9. The molecule has 1 spiro atoms. The van der Waals surface area contributed by atoms with Gasteiger partial charge in [-0.05, 0) is 55.1 Å². The fourth-order valence-corrected chi connectivity index (χ4v) is 5.18. The highest BCUT2D eigenvalue weighted by molar-refractivity contribution is 5.97. The number of rotatable bonds is 7. The Hall–Kier alpha value is -2.94. The number of carbonyl (C=O) groups is 2. The van der Waals surface area contributed by atoms with E-state index in [2.05, 4.69) is 5.32 Å². The molecule has 1 aromatic heterocycles. The number of nitrogens with one attached hydrogen (secondary N) is 1. The molecule has 2 aliphatic rings. The minimum Gasteiger partial charge on any atom is -0.493 e. The number of nitrogens with zero attached hydrogens (tertiary/aromatic N) is 2. The molecule has 184 valence electrons. The number of carboxylic acids is 1. The molecule has 3 heterocycles. The van der Waals surface area contributed by atoms with E-state index < -0.39 is 11.8 Å². The molecular formula is C25H32FN3O5. The predicted molar refractivity (Wildman–Crippen MR) is 123 cm³/mol. The lowest BCUT2D eigenvalue weighted by Crippen LogP contribution is -2.40. The highest BCUT2D eigenvalue weighted by Gasteiger charge is 2.39. The van der Waals surface area contributed by atoms with Gasteiger partial charge >= 0.3 is 5.97 Å².